The number of amides is 1. The maximum Gasteiger partial charge on any atom is 0.306 e. The van der Waals surface area contributed by atoms with E-state index in [0.29, 0.717) is 12.8 Å². The summed E-state index contributed by atoms with van der Waals surface area (Å²) in [4.78, 5) is 26.7. The SMILES string of the molecule is CC/C=C\C/C=C\C/C=C\C/C=C\C/C=C\CCCCCCCCCCCCC(O)C(=O)NC(COC1OC(CO)C(O)C(O)C1OC(=O)CCCCCCCCC/C=C\C/C=C\CCCCC)C(O)/C=C/CCCCCCCCCCCCC. The molecule has 0 aromatic rings. The highest BCUT2D eigenvalue weighted by Gasteiger charge is 2.47. The normalized spacial score (nSPS) is 19.0. The second-order valence-corrected chi connectivity index (χ2v) is 23.9. The van der Waals surface area contributed by atoms with Crippen LogP contribution in [0.1, 0.15) is 297 Å². The molecule has 8 unspecified atom stereocenters. The molecule has 6 N–H and O–H groups in total. The number of rotatable bonds is 59. The molecule has 0 saturated carbocycles. The fourth-order valence-corrected chi connectivity index (χ4v) is 10.5. The molecule has 1 rings (SSSR count). The van der Waals surface area contributed by atoms with Crippen LogP contribution in [0.15, 0.2) is 97.2 Å². The minimum atomic E-state index is -1.62. The molecule has 0 bridgehead atoms. The summed E-state index contributed by atoms with van der Waals surface area (Å²) in [5, 5.41) is 57.2. The molecule has 1 fully saturated rings. The van der Waals surface area contributed by atoms with Crippen LogP contribution in [-0.2, 0) is 23.8 Å². The first-order valence-corrected chi connectivity index (χ1v) is 35.0. The number of allylic oxidation sites excluding steroid dienone is 15. The van der Waals surface area contributed by atoms with Gasteiger partial charge in [-0.25, -0.2) is 0 Å². The minimum absolute atomic E-state index is 0.112. The molecule has 0 radical (unpaired) electrons. The van der Waals surface area contributed by atoms with Gasteiger partial charge in [-0.15, -0.1) is 0 Å². The zero-order chi connectivity index (χ0) is 61.7. The van der Waals surface area contributed by atoms with E-state index >= 15 is 0 Å². The minimum Gasteiger partial charge on any atom is -0.454 e. The van der Waals surface area contributed by atoms with E-state index in [-0.39, 0.29) is 19.4 Å². The van der Waals surface area contributed by atoms with E-state index in [4.69, 9.17) is 14.2 Å². The van der Waals surface area contributed by atoms with Crippen LogP contribution >= 0.6 is 0 Å². The number of unbranched alkanes of at least 4 members (excludes halogenated alkanes) is 31. The molecule has 1 aliphatic rings. The molecule has 0 spiro atoms. The van der Waals surface area contributed by atoms with Crippen molar-refractivity contribution < 1.29 is 49.3 Å². The van der Waals surface area contributed by atoms with Gasteiger partial charge in [0.05, 0.1) is 25.4 Å². The molecule has 11 heteroatoms. The Kier molecular flexibility index (Phi) is 57.0. The average molecular weight is 1190 g/mol. The van der Waals surface area contributed by atoms with Gasteiger partial charge in [0, 0.05) is 6.42 Å². The smallest absolute Gasteiger partial charge is 0.306 e. The summed E-state index contributed by atoms with van der Waals surface area (Å²) in [6.07, 6.45) is 71.5. The van der Waals surface area contributed by atoms with Crippen molar-refractivity contribution in [1.29, 1.82) is 0 Å². The van der Waals surface area contributed by atoms with Gasteiger partial charge in [0.2, 0.25) is 5.91 Å². The topological polar surface area (TPSA) is 175 Å². The van der Waals surface area contributed by atoms with Crippen LogP contribution < -0.4 is 5.32 Å². The Hall–Kier alpha value is -3.42. The lowest BCUT2D eigenvalue weighted by atomic mass is 9.99. The molecule has 0 aromatic carbocycles. The number of aliphatic hydroxyl groups is 5. The van der Waals surface area contributed by atoms with Crippen molar-refractivity contribution in [2.45, 2.75) is 346 Å². The third-order valence-electron chi connectivity index (χ3n) is 16.0. The quantitative estimate of drug-likeness (QED) is 0.0195. The van der Waals surface area contributed by atoms with Crippen LogP contribution in [0.4, 0.5) is 0 Å². The zero-order valence-electron chi connectivity index (χ0n) is 54.5. The number of nitrogens with one attached hydrogen (secondary N) is 1. The van der Waals surface area contributed by atoms with Crippen molar-refractivity contribution in [3.63, 3.8) is 0 Å². The molecule has 0 aliphatic carbocycles. The molecule has 1 saturated heterocycles. The molecule has 1 amide bonds. The molecule has 0 aromatic heterocycles. The predicted molar refractivity (Wildman–Crippen MR) is 356 cm³/mol. The number of esters is 1. The van der Waals surface area contributed by atoms with E-state index in [0.717, 1.165) is 116 Å². The number of hydrogen-bond acceptors (Lipinski definition) is 10. The fourth-order valence-electron chi connectivity index (χ4n) is 10.5. The van der Waals surface area contributed by atoms with Gasteiger partial charge in [-0.2, -0.15) is 0 Å². The summed E-state index contributed by atoms with van der Waals surface area (Å²) in [5.41, 5.74) is 0. The Balaban J connectivity index is 2.60. The highest BCUT2D eigenvalue weighted by Crippen LogP contribution is 2.26. The lowest BCUT2D eigenvalue weighted by Gasteiger charge is -2.41. The predicted octanol–water partition coefficient (Wildman–Crippen LogP) is 17.8. The van der Waals surface area contributed by atoms with E-state index in [1.165, 1.54) is 135 Å². The lowest BCUT2D eigenvalue weighted by Crippen LogP contribution is -2.61. The van der Waals surface area contributed by atoms with Crippen molar-refractivity contribution in [2.24, 2.45) is 0 Å². The highest BCUT2D eigenvalue weighted by molar-refractivity contribution is 5.80. The first kappa shape index (κ1) is 79.6. The third-order valence-corrected chi connectivity index (χ3v) is 16.0. The molecule has 1 heterocycles. The summed E-state index contributed by atoms with van der Waals surface area (Å²) in [7, 11) is 0. The van der Waals surface area contributed by atoms with Gasteiger partial charge in [0.15, 0.2) is 12.4 Å². The highest BCUT2D eigenvalue weighted by atomic mass is 16.7. The van der Waals surface area contributed by atoms with Crippen molar-refractivity contribution in [2.75, 3.05) is 13.2 Å². The summed E-state index contributed by atoms with van der Waals surface area (Å²) < 4.78 is 17.7. The van der Waals surface area contributed by atoms with Crippen molar-refractivity contribution in [3.8, 4) is 0 Å². The molecule has 1 aliphatic heterocycles. The van der Waals surface area contributed by atoms with Crippen LogP contribution in [0.3, 0.4) is 0 Å². The number of ether oxygens (including phenoxy) is 3. The second-order valence-electron chi connectivity index (χ2n) is 23.9. The van der Waals surface area contributed by atoms with E-state index in [1.54, 1.807) is 6.08 Å². The van der Waals surface area contributed by atoms with Gasteiger partial charge in [-0.05, 0) is 103 Å². The Labute approximate surface area is 520 Å². The maximum atomic E-state index is 13.5. The van der Waals surface area contributed by atoms with Crippen LogP contribution in [0.5, 0.6) is 0 Å². The Morgan fingerprint density at radius 2 is 0.847 bits per heavy atom. The summed E-state index contributed by atoms with van der Waals surface area (Å²) in [6, 6.07) is -1.03. The van der Waals surface area contributed by atoms with Crippen molar-refractivity contribution in [3.05, 3.63) is 97.2 Å². The maximum absolute atomic E-state index is 13.5. The monoisotopic (exact) mass is 1190 g/mol. The fraction of sp³-hybridized carbons (Fsp3) is 0.757. The van der Waals surface area contributed by atoms with Gasteiger partial charge in [0.1, 0.15) is 24.4 Å². The molecule has 85 heavy (non-hydrogen) atoms. The molecular weight excluding hydrogens is 1060 g/mol. The van der Waals surface area contributed by atoms with Gasteiger partial charge in [0.25, 0.3) is 0 Å². The van der Waals surface area contributed by atoms with Crippen LogP contribution in [0.25, 0.3) is 0 Å². The summed E-state index contributed by atoms with van der Waals surface area (Å²) in [5.74, 6) is -1.20. The number of aliphatic hydroxyl groups excluding tert-OH is 5. The van der Waals surface area contributed by atoms with Crippen molar-refractivity contribution in [1.82, 2.24) is 5.32 Å². The van der Waals surface area contributed by atoms with Crippen LogP contribution in [-0.4, -0.2) is 99.6 Å². The number of carbonyl (C=O) groups is 2. The van der Waals surface area contributed by atoms with E-state index < -0.39 is 67.4 Å². The first-order valence-electron chi connectivity index (χ1n) is 35.0. The summed E-state index contributed by atoms with van der Waals surface area (Å²) >= 11 is 0. The number of carbonyl (C=O) groups excluding carboxylic acids is 2. The lowest BCUT2D eigenvalue weighted by molar-refractivity contribution is -0.305. The summed E-state index contributed by atoms with van der Waals surface area (Å²) in [6.45, 7) is 5.67. The van der Waals surface area contributed by atoms with E-state index in [9.17, 15) is 35.1 Å². The van der Waals surface area contributed by atoms with Gasteiger partial charge < -0.3 is 45.1 Å². The van der Waals surface area contributed by atoms with E-state index in [1.807, 2.05) is 6.08 Å². The Morgan fingerprint density at radius 3 is 1.29 bits per heavy atom. The van der Waals surface area contributed by atoms with Crippen LogP contribution in [0.2, 0.25) is 0 Å². The van der Waals surface area contributed by atoms with Gasteiger partial charge in [-0.3, -0.25) is 9.59 Å². The largest absolute Gasteiger partial charge is 0.454 e. The molecule has 11 nitrogen and oxygen atoms in total. The van der Waals surface area contributed by atoms with E-state index in [2.05, 4.69) is 111 Å². The standard InChI is InChI=1S/C74H129NO10/c1-4-7-10-13-16-19-22-25-27-29-30-31-32-33-34-35-36-37-39-40-43-46-49-52-55-58-61-67(78)73(82)75-65(66(77)60-57-54-51-48-45-42-24-21-18-15-12-9-6-3)64-83-74-72(71(81)70(80)68(63-76)84-74)85-69(79)62-59-56-53-50-47-44-41-38-28-26-23-20-17-14-11-8-5-2/h7,10,16-17,19-20,25-28,30-31,33-34,57,60,65-68,70-72,74,76-78,80-81H,4-6,8-9,11-15,18,21-24,29,32,35-56,58-59,61-64H2,1-3H3,(H,75,82)/b10-7-,19-16-,20-17-,27-25-,28-26-,31-30-,34-33-,60-57+. The van der Waals surface area contributed by atoms with Crippen LogP contribution in [0, 0.1) is 0 Å². The third kappa shape index (κ3) is 48.2. The Morgan fingerprint density at radius 1 is 0.471 bits per heavy atom. The van der Waals surface area contributed by atoms with Crippen molar-refractivity contribution >= 4 is 11.9 Å². The molecular formula is C74H129NO10. The molecule has 8 atom stereocenters. The van der Waals surface area contributed by atoms with Gasteiger partial charge in [-0.1, -0.05) is 285 Å². The Bertz CT molecular complexity index is 1750. The molecule has 490 valence electrons. The zero-order valence-corrected chi connectivity index (χ0v) is 54.5. The first-order chi connectivity index (χ1) is 41.7. The average Bonchev–Trinajstić information content (AvgIpc) is 3.22. The van der Waals surface area contributed by atoms with Gasteiger partial charge >= 0.3 is 5.97 Å². The number of hydrogen-bond donors (Lipinski definition) is 6. The second kappa shape index (κ2) is 60.8.